The van der Waals surface area contributed by atoms with Crippen LogP contribution in [0.15, 0.2) is 82.4 Å². The van der Waals surface area contributed by atoms with Crippen LogP contribution in [0.5, 0.6) is 0 Å². The molecule has 0 aliphatic rings. The zero-order valence-corrected chi connectivity index (χ0v) is 17.2. The second-order valence-electron chi connectivity index (χ2n) is 6.08. The second-order valence-corrected chi connectivity index (χ2v) is 8.99. The third-order valence-electron chi connectivity index (χ3n) is 3.89. The largest absolute Gasteiger partial charge is 0.334 e. The number of pyridine rings is 1. The first kappa shape index (κ1) is 20.0. The number of amides is 2. The van der Waals surface area contributed by atoms with Crippen LogP contribution < -0.4 is 10.6 Å². The number of anilines is 1. The normalized spacial score (nSPS) is 11.0. The van der Waals surface area contributed by atoms with Crippen molar-refractivity contribution >= 4 is 37.5 Å². The van der Waals surface area contributed by atoms with E-state index >= 15 is 0 Å². The number of nitrogens with one attached hydrogen (secondary N) is 2. The van der Waals surface area contributed by atoms with Gasteiger partial charge in [-0.3, -0.25) is 4.98 Å². The van der Waals surface area contributed by atoms with Gasteiger partial charge in [-0.2, -0.15) is 0 Å². The van der Waals surface area contributed by atoms with Crippen molar-refractivity contribution in [2.24, 2.45) is 0 Å². The Labute approximate surface area is 172 Å². The number of aromatic nitrogens is 1. The lowest BCUT2D eigenvalue weighted by Gasteiger charge is -2.09. The van der Waals surface area contributed by atoms with Crippen molar-refractivity contribution < 1.29 is 13.2 Å². The van der Waals surface area contributed by atoms with Crippen LogP contribution in [0.25, 0.3) is 0 Å². The van der Waals surface area contributed by atoms with Gasteiger partial charge < -0.3 is 10.6 Å². The molecule has 8 heteroatoms. The molecule has 3 rings (SSSR count). The molecule has 0 atom stereocenters. The summed E-state index contributed by atoms with van der Waals surface area (Å²) >= 11 is 3.34. The summed E-state index contributed by atoms with van der Waals surface area (Å²) in [5.74, 6) is -0.0924. The van der Waals surface area contributed by atoms with Gasteiger partial charge in [0, 0.05) is 29.1 Å². The van der Waals surface area contributed by atoms with Gasteiger partial charge in [-0.25, -0.2) is 13.2 Å². The average Bonchev–Trinajstić information content (AvgIpc) is 2.67. The Morgan fingerprint density at radius 2 is 1.75 bits per heavy atom. The van der Waals surface area contributed by atoms with E-state index in [1.165, 1.54) is 12.1 Å². The Bertz CT molecular complexity index is 1060. The molecular weight excluding hydrogens is 442 g/mol. The fourth-order valence-corrected chi connectivity index (χ4v) is 4.32. The molecule has 2 aromatic carbocycles. The molecule has 6 nitrogen and oxygen atoms in total. The SMILES string of the molecule is O=C(NCc1cccnc1)Nc1ccc(S(=O)(=O)Cc2cccc(Br)c2)cc1. The molecule has 0 saturated heterocycles. The topological polar surface area (TPSA) is 88.2 Å². The Balaban J connectivity index is 1.60. The first-order valence-corrected chi connectivity index (χ1v) is 10.9. The molecule has 0 radical (unpaired) electrons. The van der Waals surface area contributed by atoms with E-state index in [2.05, 4.69) is 31.5 Å². The fraction of sp³-hybridized carbons (Fsp3) is 0.100. The van der Waals surface area contributed by atoms with Gasteiger partial charge in [0.15, 0.2) is 9.84 Å². The third-order valence-corrected chi connectivity index (χ3v) is 6.09. The summed E-state index contributed by atoms with van der Waals surface area (Å²) in [5.41, 5.74) is 2.09. The number of hydrogen-bond donors (Lipinski definition) is 2. The van der Waals surface area contributed by atoms with Crippen LogP contribution in [0.4, 0.5) is 10.5 Å². The summed E-state index contributed by atoms with van der Waals surface area (Å²) in [6.07, 6.45) is 3.33. The first-order valence-electron chi connectivity index (χ1n) is 8.43. The average molecular weight is 460 g/mol. The van der Waals surface area contributed by atoms with E-state index in [1.54, 1.807) is 48.8 Å². The molecule has 0 saturated carbocycles. The van der Waals surface area contributed by atoms with Crippen molar-refractivity contribution in [3.63, 3.8) is 0 Å². The minimum atomic E-state index is -3.48. The van der Waals surface area contributed by atoms with Gasteiger partial charge in [-0.1, -0.05) is 34.1 Å². The fourth-order valence-electron chi connectivity index (χ4n) is 2.54. The van der Waals surface area contributed by atoms with E-state index in [4.69, 9.17) is 0 Å². The van der Waals surface area contributed by atoms with Crippen molar-refractivity contribution in [1.29, 1.82) is 0 Å². The number of nitrogens with zero attached hydrogens (tertiary/aromatic N) is 1. The monoisotopic (exact) mass is 459 g/mol. The Morgan fingerprint density at radius 1 is 1.00 bits per heavy atom. The quantitative estimate of drug-likeness (QED) is 0.579. The number of benzene rings is 2. The highest BCUT2D eigenvalue weighted by Crippen LogP contribution is 2.20. The van der Waals surface area contributed by atoms with Gasteiger partial charge in [0.05, 0.1) is 10.6 Å². The van der Waals surface area contributed by atoms with Crippen LogP contribution >= 0.6 is 15.9 Å². The van der Waals surface area contributed by atoms with E-state index in [9.17, 15) is 13.2 Å². The Morgan fingerprint density at radius 3 is 2.43 bits per heavy atom. The van der Waals surface area contributed by atoms with Gasteiger partial charge in [0.2, 0.25) is 0 Å². The maximum absolute atomic E-state index is 12.6. The van der Waals surface area contributed by atoms with Crippen molar-refractivity contribution in [2.75, 3.05) is 5.32 Å². The molecule has 0 fully saturated rings. The number of sulfone groups is 1. The Hall–Kier alpha value is -2.71. The second kappa shape index (κ2) is 8.99. The summed E-state index contributed by atoms with van der Waals surface area (Å²) < 4.78 is 26.0. The molecule has 1 aromatic heterocycles. The van der Waals surface area contributed by atoms with Crippen LogP contribution in [0.1, 0.15) is 11.1 Å². The van der Waals surface area contributed by atoms with E-state index in [0.29, 0.717) is 17.8 Å². The maximum atomic E-state index is 12.6. The van der Waals surface area contributed by atoms with E-state index in [1.807, 2.05) is 12.1 Å². The number of rotatable bonds is 6. The van der Waals surface area contributed by atoms with Crippen molar-refractivity contribution in [3.8, 4) is 0 Å². The number of carbonyl (C=O) groups excluding carboxylic acids is 1. The lowest BCUT2D eigenvalue weighted by molar-refractivity contribution is 0.251. The van der Waals surface area contributed by atoms with Crippen molar-refractivity contribution in [1.82, 2.24) is 10.3 Å². The summed E-state index contributed by atoms with van der Waals surface area (Å²) in [5, 5.41) is 5.39. The van der Waals surface area contributed by atoms with Crippen LogP contribution in [-0.4, -0.2) is 19.4 Å². The smallest absolute Gasteiger partial charge is 0.319 e. The van der Waals surface area contributed by atoms with Gasteiger partial charge in [-0.05, 0) is 53.6 Å². The lowest BCUT2D eigenvalue weighted by atomic mass is 10.2. The predicted molar refractivity (Wildman–Crippen MR) is 112 cm³/mol. The molecule has 3 aromatic rings. The number of hydrogen-bond acceptors (Lipinski definition) is 4. The summed E-state index contributed by atoms with van der Waals surface area (Å²) in [4.78, 5) is 16.2. The highest BCUT2D eigenvalue weighted by Gasteiger charge is 2.15. The summed E-state index contributed by atoms with van der Waals surface area (Å²) in [6.45, 7) is 0.346. The van der Waals surface area contributed by atoms with E-state index in [-0.39, 0.29) is 16.7 Å². The third kappa shape index (κ3) is 5.64. The molecule has 0 aliphatic carbocycles. The summed E-state index contributed by atoms with van der Waals surface area (Å²) in [6, 6.07) is 16.6. The van der Waals surface area contributed by atoms with Crippen LogP contribution in [-0.2, 0) is 22.1 Å². The zero-order chi connectivity index (χ0) is 20.0. The molecule has 0 unspecified atom stereocenters. The summed E-state index contributed by atoms with van der Waals surface area (Å²) in [7, 11) is -3.48. The standard InChI is InChI=1S/C20H18BrN3O3S/c21-17-5-1-3-15(11-17)14-28(26,27)19-8-6-18(7-9-19)24-20(25)23-13-16-4-2-10-22-12-16/h1-12H,13-14H2,(H2,23,24,25). The van der Waals surface area contributed by atoms with Crippen LogP contribution in [0.3, 0.4) is 0 Å². The van der Waals surface area contributed by atoms with Crippen LogP contribution in [0.2, 0.25) is 0 Å². The van der Waals surface area contributed by atoms with E-state index < -0.39 is 9.84 Å². The molecule has 28 heavy (non-hydrogen) atoms. The molecule has 2 amide bonds. The first-order chi connectivity index (χ1) is 13.4. The van der Waals surface area contributed by atoms with E-state index in [0.717, 1.165) is 10.0 Å². The minimum absolute atomic E-state index is 0.0924. The highest BCUT2D eigenvalue weighted by molar-refractivity contribution is 9.10. The predicted octanol–water partition coefficient (Wildman–Crippen LogP) is 4.14. The van der Waals surface area contributed by atoms with Crippen molar-refractivity contribution in [3.05, 3.63) is 88.7 Å². The number of halogens is 1. The molecule has 2 N–H and O–H groups in total. The lowest BCUT2D eigenvalue weighted by Crippen LogP contribution is -2.28. The maximum Gasteiger partial charge on any atom is 0.319 e. The van der Waals surface area contributed by atoms with Crippen molar-refractivity contribution in [2.45, 2.75) is 17.2 Å². The van der Waals surface area contributed by atoms with Gasteiger partial charge in [0.25, 0.3) is 0 Å². The van der Waals surface area contributed by atoms with Gasteiger partial charge >= 0.3 is 6.03 Å². The molecule has 1 heterocycles. The Kier molecular flexibility index (Phi) is 6.43. The molecule has 0 spiro atoms. The molecule has 0 aliphatic heterocycles. The van der Waals surface area contributed by atoms with Crippen LogP contribution in [0, 0.1) is 0 Å². The number of urea groups is 1. The molecule has 144 valence electrons. The number of carbonyl (C=O) groups is 1. The van der Waals surface area contributed by atoms with Gasteiger partial charge in [0.1, 0.15) is 0 Å². The molecule has 0 bridgehead atoms. The van der Waals surface area contributed by atoms with Gasteiger partial charge in [-0.15, -0.1) is 0 Å². The highest BCUT2D eigenvalue weighted by atomic mass is 79.9. The zero-order valence-electron chi connectivity index (χ0n) is 14.8. The minimum Gasteiger partial charge on any atom is -0.334 e. The molecular formula is C20H18BrN3O3S.